The van der Waals surface area contributed by atoms with Gasteiger partial charge >= 0.3 is 6.03 Å². The zero-order chi connectivity index (χ0) is 22.7. The van der Waals surface area contributed by atoms with Crippen molar-refractivity contribution in [1.29, 1.82) is 0 Å². The third-order valence-electron chi connectivity index (χ3n) is 5.00. The second kappa shape index (κ2) is 9.71. The highest BCUT2D eigenvalue weighted by Gasteiger charge is 2.33. The Balaban J connectivity index is 1.44. The number of urea groups is 1. The summed E-state index contributed by atoms with van der Waals surface area (Å²) in [6.07, 6.45) is 1.67. The van der Waals surface area contributed by atoms with Crippen LogP contribution in [0.3, 0.4) is 0 Å². The summed E-state index contributed by atoms with van der Waals surface area (Å²) in [6, 6.07) is 20.8. The van der Waals surface area contributed by atoms with Crippen LogP contribution in [0, 0.1) is 6.92 Å². The molecule has 32 heavy (non-hydrogen) atoms. The fourth-order valence-electron chi connectivity index (χ4n) is 3.22. The van der Waals surface area contributed by atoms with E-state index in [1.165, 1.54) is 4.90 Å². The molecule has 0 saturated carbocycles. The number of aryl methyl sites for hydroxylation is 1. The van der Waals surface area contributed by atoms with E-state index in [9.17, 15) is 9.59 Å². The second-order valence-corrected chi connectivity index (χ2v) is 9.24. The minimum absolute atomic E-state index is 0.231. The molecular weight excluding hydrogens is 536 g/mol. The van der Waals surface area contributed by atoms with Gasteiger partial charge in [-0.3, -0.25) is 9.69 Å². The first-order valence-electron chi connectivity index (χ1n) is 9.96. The van der Waals surface area contributed by atoms with Crippen molar-refractivity contribution in [3.05, 3.63) is 104 Å². The van der Waals surface area contributed by atoms with Crippen LogP contribution in [0.1, 0.15) is 22.3 Å². The molecule has 5 nitrogen and oxygen atoms in total. The van der Waals surface area contributed by atoms with E-state index in [0.29, 0.717) is 12.4 Å². The van der Waals surface area contributed by atoms with Gasteiger partial charge in [0.2, 0.25) is 0 Å². The Bertz CT molecular complexity index is 1190. The minimum Gasteiger partial charge on any atom is -0.488 e. The molecule has 1 N–H and O–H groups in total. The molecule has 0 aromatic heterocycles. The van der Waals surface area contributed by atoms with Crippen LogP contribution in [-0.2, 0) is 17.9 Å². The van der Waals surface area contributed by atoms with Crippen LogP contribution in [0.2, 0.25) is 0 Å². The van der Waals surface area contributed by atoms with Gasteiger partial charge in [-0.15, -0.1) is 0 Å². The second-order valence-electron chi connectivity index (χ2n) is 7.47. The Morgan fingerprint density at radius 2 is 1.62 bits per heavy atom. The van der Waals surface area contributed by atoms with Crippen LogP contribution in [0.5, 0.6) is 5.75 Å². The van der Waals surface area contributed by atoms with Crippen molar-refractivity contribution >= 4 is 49.9 Å². The molecule has 3 amide bonds. The minimum atomic E-state index is -0.421. The van der Waals surface area contributed by atoms with E-state index in [2.05, 4.69) is 37.2 Å². The largest absolute Gasteiger partial charge is 0.488 e. The van der Waals surface area contributed by atoms with Gasteiger partial charge in [-0.25, -0.2) is 4.79 Å². The molecule has 3 aromatic carbocycles. The lowest BCUT2D eigenvalue weighted by atomic mass is 10.1. The Hall–Kier alpha value is -2.90. The fraction of sp³-hybridized carbons (Fsp3) is 0.120. The highest BCUT2D eigenvalue weighted by molar-refractivity contribution is 9.10. The number of nitrogens with one attached hydrogen (secondary N) is 1. The summed E-state index contributed by atoms with van der Waals surface area (Å²) in [7, 11) is 0. The number of benzene rings is 3. The number of nitrogens with zero attached hydrogens (tertiary/aromatic N) is 1. The van der Waals surface area contributed by atoms with Gasteiger partial charge in [0.15, 0.2) is 0 Å². The number of hydrogen-bond acceptors (Lipinski definition) is 3. The molecule has 1 saturated heterocycles. The first kappa shape index (κ1) is 22.3. The van der Waals surface area contributed by atoms with E-state index in [4.69, 9.17) is 4.74 Å². The number of imide groups is 1. The maximum atomic E-state index is 12.8. The molecule has 1 aliphatic rings. The first-order valence-corrected chi connectivity index (χ1v) is 11.5. The van der Waals surface area contributed by atoms with Crippen LogP contribution >= 0.6 is 31.9 Å². The SMILES string of the molecule is Cc1ccc(CN2C(=O)N/C(=C/c3ccc(OCc4ccc(Br)cc4)c(Br)c3)C2=O)cc1. The summed E-state index contributed by atoms with van der Waals surface area (Å²) < 4.78 is 7.67. The van der Waals surface area contributed by atoms with Crippen molar-refractivity contribution in [2.24, 2.45) is 0 Å². The van der Waals surface area contributed by atoms with Gasteiger partial charge in [-0.1, -0.05) is 64.0 Å². The predicted octanol–water partition coefficient (Wildman–Crippen LogP) is 6.19. The molecule has 1 aliphatic heterocycles. The number of carbonyl (C=O) groups is 2. The molecule has 0 radical (unpaired) electrons. The van der Waals surface area contributed by atoms with E-state index in [-0.39, 0.29) is 18.1 Å². The standard InChI is InChI=1S/C25H20Br2N2O3/c1-16-2-4-17(5-3-16)14-29-24(30)22(28-25(29)31)13-19-8-11-23(21(27)12-19)32-15-18-6-9-20(26)10-7-18/h2-13H,14-15H2,1H3,(H,28,31)/b22-13+. The molecule has 4 rings (SSSR count). The topological polar surface area (TPSA) is 58.6 Å². The predicted molar refractivity (Wildman–Crippen MR) is 131 cm³/mol. The maximum Gasteiger partial charge on any atom is 0.329 e. The lowest BCUT2D eigenvalue weighted by Crippen LogP contribution is -2.30. The molecule has 0 aliphatic carbocycles. The molecule has 1 fully saturated rings. The van der Waals surface area contributed by atoms with E-state index in [1.54, 1.807) is 6.08 Å². The summed E-state index contributed by atoms with van der Waals surface area (Å²) in [6.45, 7) is 2.66. The van der Waals surface area contributed by atoms with Gasteiger partial charge in [0.1, 0.15) is 18.1 Å². The molecule has 7 heteroatoms. The van der Waals surface area contributed by atoms with E-state index >= 15 is 0 Å². The summed E-state index contributed by atoms with van der Waals surface area (Å²) in [5, 5.41) is 2.67. The molecule has 0 unspecified atom stereocenters. The summed E-state index contributed by atoms with van der Waals surface area (Å²) in [5.74, 6) is 0.347. The average Bonchev–Trinajstić information content (AvgIpc) is 3.03. The lowest BCUT2D eigenvalue weighted by Gasteiger charge is -2.12. The molecule has 0 bridgehead atoms. The normalized spacial score (nSPS) is 14.7. The van der Waals surface area contributed by atoms with Gasteiger partial charge in [0.05, 0.1) is 11.0 Å². The number of amides is 3. The van der Waals surface area contributed by atoms with Crippen molar-refractivity contribution in [3.8, 4) is 5.75 Å². The highest BCUT2D eigenvalue weighted by Crippen LogP contribution is 2.28. The van der Waals surface area contributed by atoms with Crippen molar-refractivity contribution in [2.75, 3.05) is 0 Å². The van der Waals surface area contributed by atoms with Crippen molar-refractivity contribution < 1.29 is 14.3 Å². The number of hydrogen-bond donors (Lipinski definition) is 1. The maximum absolute atomic E-state index is 12.8. The monoisotopic (exact) mass is 554 g/mol. The van der Waals surface area contributed by atoms with Crippen molar-refractivity contribution in [1.82, 2.24) is 10.2 Å². The van der Waals surface area contributed by atoms with E-state index in [0.717, 1.165) is 31.2 Å². The average molecular weight is 556 g/mol. The molecule has 1 heterocycles. The van der Waals surface area contributed by atoms with Crippen LogP contribution < -0.4 is 10.1 Å². The number of halogens is 2. The number of ether oxygens (including phenoxy) is 1. The zero-order valence-electron chi connectivity index (χ0n) is 17.3. The van der Waals surface area contributed by atoms with E-state index < -0.39 is 6.03 Å². The molecule has 0 atom stereocenters. The van der Waals surface area contributed by atoms with Crippen LogP contribution in [0.25, 0.3) is 6.08 Å². The number of carbonyl (C=O) groups excluding carboxylic acids is 2. The van der Waals surface area contributed by atoms with Crippen LogP contribution in [0.15, 0.2) is 81.4 Å². The van der Waals surface area contributed by atoms with Crippen LogP contribution in [0.4, 0.5) is 4.79 Å². The quantitative estimate of drug-likeness (QED) is 0.291. The molecule has 0 spiro atoms. The van der Waals surface area contributed by atoms with Gasteiger partial charge in [-0.05, 0) is 69.9 Å². The van der Waals surface area contributed by atoms with E-state index in [1.807, 2.05) is 73.7 Å². The third kappa shape index (κ3) is 5.29. The summed E-state index contributed by atoms with van der Waals surface area (Å²) in [5.41, 5.74) is 4.10. The lowest BCUT2D eigenvalue weighted by molar-refractivity contribution is -0.123. The third-order valence-corrected chi connectivity index (χ3v) is 6.15. The molecular formula is C25H20Br2N2O3. The zero-order valence-corrected chi connectivity index (χ0v) is 20.4. The number of rotatable bonds is 6. The Labute approximate surface area is 203 Å². The first-order chi connectivity index (χ1) is 15.4. The Kier molecular flexibility index (Phi) is 6.77. The fourth-order valence-corrected chi connectivity index (χ4v) is 4.00. The molecule has 162 valence electrons. The van der Waals surface area contributed by atoms with Crippen molar-refractivity contribution in [2.45, 2.75) is 20.1 Å². The Morgan fingerprint density at radius 1 is 0.938 bits per heavy atom. The Morgan fingerprint density at radius 3 is 2.31 bits per heavy atom. The van der Waals surface area contributed by atoms with Gasteiger partial charge < -0.3 is 10.1 Å². The van der Waals surface area contributed by atoms with Gasteiger partial charge in [-0.2, -0.15) is 0 Å². The summed E-state index contributed by atoms with van der Waals surface area (Å²) in [4.78, 5) is 26.3. The van der Waals surface area contributed by atoms with Gasteiger partial charge in [0.25, 0.3) is 5.91 Å². The van der Waals surface area contributed by atoms with Crippen LogP contribution in [-0.4, -0.2) is 16.8 Å². The highest BCUT2D eigenvalue weighted by atomic mass is 79.9. The van der Waals surface area contributed by atoms with Crippen molar-refractivity contribution in [3.63, 3.8) is 0 Å². The smallest absolute Gasteiger partial charge is 0.329 e. The van der Waals surface area contributed by atoms with Gasteiger partial charge in [0, 0.05) is 4.47 Å². The summed E-state index contributed by atoms with van der Waals surface area (Å²) >= 11 is 6.95. The molecule has 3 aromatic rings.